The van der Waals surface area contributed by atoms with E-state index < -0.39 is 0 Å². The largest absolute Gasteiger partial charge is 0.362 e. The van der Waals surface area contributed by atoms with Crippen LogP contribution in [0.3, 0.4) is 0 Å². The molecule has 0 heterocycles. The number of thioether (sulfide) groups is 2. The minimum atomic E-state index is 0.642. The molecule has 0 saturated heterocycles. The fraction of sp³-hybridized carbons (Fsp3) is 0.136. The highest BCUT2D eigenvalue weighted by Crippen LogP contribution is 2.23. The predicted molar refractivity (Wildman–Crippen MR) is 129 cm³/mol. The van der Waals surface area contributed by atoms with E-state index in [-0.39, 0.29) is 0 Å². The summed E-state index contributed by atoms with van der Waals surface area (Å²) in [5, 5.41) is 7.88. The Bertz CT molecular complexity index is 869. The Balaban J connectivity index is 1.36. The molecule has 0 spiro atoms. The Morgan fingerprint density at radius 1 is 0.821 bits per heavy atom. The SMILES string of the molecule is S=C(NCCSc1ccc(Cl)cc1)Nc1ccc(CSc2ccccc2)cc1. The maximum atomic E-state index is 5.90. The summed E-state index contributed by atoms with van der Waals surface area (Å²) in [6.07, 6.45) is 0. The van der Waals surface area contributed by atoms with Gasteiger partial charge in [-0.3, -0.25) is 0 Å². The van der Waals surface area contributed by atoms with E-state index in [4.69, 9.17) is 23.8 Å². The molecule has 3 aromatic carbocycles. The summed E-state index contributed by atoms with van der Waals surface area (Å²) in [7, 11) is 0. The molecule has 2 N–H and O–H groups in total. The van der Waals surface area contributed by atoms with Gasteiger partial charge in [-0.25, -0.2) is 0 Å². The van der Waals surface area contributed by atoms with Crippen LogP contribution in [0, 0.1) is 0 Å². The molecule has 0 saturated carbocycles. The topological polar surface area (TPSA) is 24.1 Å². The summed E-state index contributed by atoms with van der Waals surface area (Å²) in [5.41, 5.74) is 2.29. The summed E-state index contributed by atoms with van der Waals surface area (Å²) < 4.78 is 0. The summed E-state index contributed by atoms with van der Waals surface area (Å²) in [5.74, 6) is 1.88. The Morgan fingerprint density at radius 2 is 1.50 bits per heavy atom. The van der Waals surface area contributed by atoms with Crippen molar-refractivity contribution in [2.75, 3.05) is 17.6 Å². The number of halogens is 1. The van der Waals surface area contributed by atoms with E-state index in [1.807, 2.05) is 42.1 Å². The van der Waals surface area contributed by atoms with Gasteiger partial charge in [-0.1, -0.05) is 41.9 Å². The molecule has 0 fully saturated rings. The standard InChI is InChI=1S/C22H21ClN2S3/c23-18-8-12-21(13-9-18)27-15-14-24-22(26)25-19-10-6-17(7-11-19)16-28-20-4-2-1-3-5-20/h1-13H,14-16H2,(H2,24,25,26). The number of benzene rings is 3. The lowest BCUT2D eigenvalue weighted by Crippen LogP contribution is -2.30. The van der Waals surface area contributed by atoms with Crippen LogP contribution in [0.1, 0.15) is 5.56 Å². The predicted octanol–water partition coefficient (Wildman–Crippen LogP) is 6.71. The van der Waals surface area contributed by atoms with Gasteiger partial charge in [-0.2, -0.15) is 0 Å². The third kappa shape index (κ3) is 7.40. The summed E-state index contributed by atoms with van der Waals surface area (Å²) >= 11 is 14.9. The molecule has 0 aliphatic rings. The van der Waals surface area contributed by atoms with Crippen LogP contribution in [-0.4, -0.2) is 17.4 Å². The van der Waals surface area contributed by atoms with Gasteiger partial charge in [0.15, 0.2) is 5.11 Å². The first-order valence-electron chi connectivity index (χ1n) is 8.89. The first kappa shape index (κ1) is 21.1. The lowest BCUT2D eigenvalue weighted by molar-refractivity contribution is 0.990. The van der Waals surface area contributed by atoms with Gasteiger partial charge in [-0.05, 0) is 66.3 Å². The van der Waals surface area contributed by atoms with Crippen molar-refractivity contribution in [3.05, 3.63) is 89.4 Å². The van der Waals surface area contributed by atoms with Gasteiger partial charge in [0, 0.05) is 38.6 Å². The molecule has 6 heteroatoms. The van der Waals surface area contributed by atoms with E-state index in [2.05, 4.69) is 59.2 Å². The second kappa shape index (κ2) is 11.4. The van der Waals surface area contributed by atoms with E-state index in [9.17, 15) is 0 Å². The third-order valence-electron chi connectivity index (χ3n) is 3.83. The van der Waals surface area contributed by atoms with Crippen molar-refractivity contribution in [1.29, 1.82) is 0 Å². The highest BCUT2D eigenvalue weighted by Gasteiger charge is 2.00. The molecule has 3 rings (SSSR count). The lowest BCUT2D eigenvalue weighted by Gasteiger charge is -2.11. The van der Waals surface area contributed by atoms with E-state index in [0.29, 0.717) is 5.11 Å². The second-order valence-electron chi connectivity index (χ2n) is 5.98. The lowest BCUT2D eigenvalue weighted by atomic mass is 10.2. The maximum absolute atomic E-state index is 5.90. The van der Waals surface area contributed by atoms with Gasteiger partial charge in [0.25, 0.3) is 0 Å². The van der Waals surface area contributed by atoms with Crippen LogP contribution in [-0.2, 0) is 5.75 Å². The van der Waals surface area contributed by atoms with Crippen molar-refractivity contribution in [2.24, 2.45) is 0 Å². The zero-order valence-corrected chi connectivity index (χ0v) is 18.4. The van der Waals surface area contributed by atoms with Crippen LogP contribution >= 0.6 is 47.3 Å². The average Bonchev–Trinajstić information content (AvgIpc) is 2.73. The normalized spacial score (nSPS) is 10.5. The molecule has 0 aromatic heterocycles. The number of hydrogen-bond donors (Lipinski definition) is 2. The zero-order valence-electron chi connectivity index (χ0n) is 15.2. The van der Waals surface area contributed by atoms with Crippen molar-refractivity contribution < 1.29 is 0 Å². The summed E-state index contributed by atoms with van der Waals surface area (Å²) in [6, 6.07) is 26.7. The van der Waals surface area contributed by atoms with Gasteiger partial charge in [0.2, 0.25) is 0 Å². The molecular weight excluding hydrogens is 424 g/mol. The monoisotopic (exact) mass is 444 g/mol. The molecule has 144 valence electrons. The molecule has 0 aliphatic heterocycles. The van der Waals surface area contributed by atoms with Crippen molar-refractivity contribution in [3.63, 3.8) is 0 Å². The fourth-order valence-electron chi connectivity index (χ4n) is 2.41. The smallest absolute Gasteiger partial charge is 0.170 e. The maximum Gasteiger partial charge on any atom is 0.170 e. The van der Waals surface area contributed by atoms with Crippen LogP contribution in [0.25, 0.3) is 0 Å². The molecule has 0 amide bonds. The number of thiocarbonyl (C=S) groups is 1. The summed E-state index contributed by atoms with van der Waals surface area (Å²) in [6.45, 7) is 0.797. The van der Waals surface area contributed by atoms with Crippen LogP contribution in [0.4, 0.5) is 5.69 Å². The molecule has 3 aromatic rings. The van der Waals surface area contributed by atoms with E-state index in [1.165, 1.54) is 15.4 Å². The zero-order chi connectivity index (χ0) is 19.6. The minimum absolute atomic E-state index is 0.642. The van der Waals surface area contributed by atoms with Crippen LogP contribution < -0.4 is 10.6 Å². The van der Waals surface area contributed by atoms with Gasteiger partial charge < -0.3 is 10.6 Å². The summed E-state index contributed by atoms with van der Waals surface area (Å²) in [4.78, 5) is 2.49. The highest BCUT2D eigenvalue weighted by atomic mass is 35.5. The van der Waals surface area contributed by atoms with E-state index >= 15 is 0 Å². The molecule has 0 radical (unpaired) electrons. The van der Waals surface area contributed by atoms with Crippen LogP contribution in [0.2, 0.25) is 5.02 Å². The molecule has 2 nitrogen and oxygen atoms in total. The first-order chi connectivity index (χ1) is 13.7. The second-order valence-corrected chi connectivity index (χ2v) is 9.04. The molecular formula is C22H21ClN2S3. The number of rotatable bonds is 8. The third-order valence-corrected chi connectivity index (χ3v) is 6.43. The van der Waals surface area contributed by atoms with Crippen molar-refractivity contribution in [3.8, 4) is 0 Å². The number of hydrogen-bond acceptors (Lipinski definition) is 3. The molecule has 0 unspecified atom stereocenters. The Morgan fingerprint density at radius 3 is 2.21 bits per heavy atom. The first-order valence-corrected chi connectivity index (χ1v) is 11.6. The average molecular weight is 445 g/mol. The van der Waals surface area contributed by atoms with E-state index in [0.717, 1.165) is 28.8 Å². The molecule has 0 bridgehead atoms. The fourth-order valence-corrected chi connectivity index (χ4v) is 4.40. The van der Waals surface area contributed by atoms with Crippen molar-refractivity contribution in [2.45, 2.75) is 15.5 Å². The Hall–Kier alpha value is -1.66. The van der Waals surface area contributed by atoms with Crippen molar-refractivity contribution >= 4 is 58.1 Å². The molecule has 28 heavy (non-hydrogen) atoms. The van der Waals surface area contributed by atoms with Gasteiger partial charge in [0.05, 0.1) is 0 Å². The van der Waals surface area contributed by atoms with Crippen LogP contribution in [0.5, 0.6) is 0 Å². The van der Waals surface area contributed by atoms with E-state index in [1.54, 1.807) is 11.8 Å². The van der Waals surface area contributed by atoms with Crippen molar-refractivity contribution in [1.82, 2.24) is 5.32 Å². The molecule has 0 atom stereocenters. The minimum Gasteiger partial charge on any atom is -0.362 e. The quantitative estimate of drug-likeness (QED) is 0.228. The number of anilines is 1. The van der Waals surface area contributed by atoms with Gasteiger partial charge in [0.1, 0.15) is 0 Å². The Kier molecular flexibility index (Phi) is 8.55. The van der Waals surface area contributed by atoms with Gasteiger partial charge in [-0.15, -0.1) is 23.5 Å². The Labute approximate surface area is 185 Å². The number of nitrogens with one attached hydrogen (secondary N) is 2. The highest BCUT2D eigenvalue weighted by molar-refractivity contribution is 7.99. The molecule has 0 aliphatic carbocycles. The van der Waals surface area contributed by atoms with Crippen LogP contribution in [0.15, 0.2) is 88.7 Å². The van der Waals surface area contributed by atoms with Gasteiger partial charge >= 0.3 is 0 Å².